The van der Waals surface area contributed by atoms with Crippen molar-refractivity contribution in [3.05, 3.63) is 41.3 Å². The number of nitrogens with one attached hydrogen (secondary N) is 1. The third-order valence-corrected chi connectivity index (χ3v) is 4.64. The molecule has 6 heteroatoms. The highest BCUT2D eigenvalue weighted by molar-refractivity contribution is 5.37. The van der Waals surface area contributed by atoms with Crippen LogP contribution in [0, 0.1) is 18.3 Å². The van der Waals surface area contributed by atoms with Crippen LogP contribution in [0.2, 0.25) is 0 Å². The minimum atomic E-state index is 0.427. The van der Waals surface area contributed by atoms with Crippen molar-refractivity contribution in [1.82, 2.24) is 20.1 Å². The van der Waals surface area contributed by atoms with Crippen molar-refractivity contribution in [2.24, 2.45) is 7.05 Å². The van der Waals surface area contributed by atoms with Crippen LogP contribution in [0.25, 0.3) is 0 Å². The van der Waals surface area contributed by atoms with Gasteiger partial charge in [0.05, 0.1) is 0 Å². The predicted molar refractivity (Wildman–Crippen MR) is 89.0 cm³/mol. The van der Waals surface area contributed by atoms with Crippen LogP contribution >= 0.6 is 0 Å². The fraction of sp³-hybridized carbons (Fsp3) is 0.471. The molecular formula is C17H22N6. The largest absolute Gasteiger partial charge is 0.354 e. The van der Waals surface area contributed by atoms with Gasteiger partial charge in [-0.2, -0.15) is 10.4 Å². The maximum Gasteiger partial charge on any atom is 0.151 e. The van der Waals surface area contributed by atoms with Crippen molar-refractivity contribution in [2.45, 2.75) is 32.4 Å². The molecule has 0 saturated carbocycles. The Labute approximate surface area is 136 Å². The van der Waals surface area contributed by atoms with Crippen LogP contribution < -0.4 is 10.2 Å². The molecule has 1 aliphatic rings. The lowest BCUT2D eigenvalue weighted by molar-refractivity contribution is 0.419. The first kappa shape index (κ1) is 15.5. The van der Waals surface area contributed by atoms with Crippen LogP contribution in [0.15, 0.2) is 24.4 Å². The second-order valence-electron chi connectivity index (χ2n) is 6.06. The van der Waals surface area contributed by atoms with Crippen LogP contribution in [0.1, 0.15) is 29.8 Å². The molecule has 3 rings (SSSR count). The van der Waals surface area contributed by atoms with Gasteiger partial charge in [0.25, 0.3) is 0 Å². The van der Waals surface area contributed by atoms with Gasteiger partial charge in [0.2, 0.25) is 0 Å². The summed E-state index contributed by atoms with van der Waals surface area (Å²) in [5.74, 6) is 0.946. The van der Waals surface area contributed by atoms with E-state index in [0.717, 1.165) is 44.0 Å². The van der Waals surface area contributed by atoms with Gasteiger partial charge < -0.3 is 14.8 Å². The molecule has 0 amide bonds. The summed E-state index contributed by atoms with van der Waals surface area (Å²) in [7, 11) is 1.94. The zero-order valence-electron chi connectivity index (χ0n) is 13.7. The number of piperidine rings is 1. The number of nitriles is 1. The van der Waals surface area contributed by atoms with E-state index in [1.54, 1.807) is 6.20 Å². The molecule has 1 atom stereocenters. The number of anilines is 1. The van der Waals surface area contributed by atoms with Gasteiger partial charge in [-0.15, -0.1) is 5.10 Å². The molecule has 23 heavy (non-hydrogen) atoms. The van der Waals surface area contributed by atoms with Crippen molar-refractivity contribution in [1.29, 1.82) is 5.26 Å². The summed E-state index contributed by atoms with van der Waals surface area (Å²) in [6, 6.07) is 8.58. The molecule has 2 aromatic rings. The fourth-order valence-corrected chi connectivity index (χ4v) is 3.12. The van der Waals surface area contributed by atoms with E-state index in [2.05, 4.69) is 33.4 Å². The molecule has 3 heterocycles. The van der Waals surface area contributed by atoms with Gasteiger partial charge in [-0.05, 0) is 43.5 Å². The third-order valence-electron chi connectivity index (χ3n) is 4.64. The van der Waals surface area contributed by atoms with Crippen molar-refractivity contribution < 1.29 is 0 Å². The van der Waals surface area contributed by atoms with Crippen LogP contribution in [-0.4, -0.2) is 33.9 Å². The number of hydrogen-bond donors (Lipinski definition) is 1. The SMILES string of the molecule is Cc1c(CN[C@H]2CCCN(c3cccnn3)C2)cc(C#N)n1C. The van der Waals surface area contributed by atoms with Crippen molar-refractivity contribution >= 4 is 5.82 Å². The zero-order chi connectivity index (χ0) is 16.2. The van der Waals surface area contributed by atoms with E-state index in [1.807, 2.05) is 29.8 Å². The summed E-state index contributed by atoms with van der Waals surface area (Å²) >= 11 is 0. The lowest BCUT2D eigenvalue weighted by atomic mass is 10.1. The van der Waals surface area contributed by atoms with Gasteiger partial charge in [0.15, 0.2) is 5.82 Å². The lowest BCUT2D eigenvalue weighted by Crippen LogP contribution is -2.45. The molecule has 1 fully saturated rings. The second kappa shape index (κ2) is 6.80. The van der Waals surface area contributed by atoms with Crippen molar-refractivity contribution in [3.63, 3.8) is 0 Å². The third kappa shape index (κ3) is 3.35. The van der Waals surface area contributed by atoms with E-state index in [9.17, 15) is 0 Å². The summed E-state index contributed by atoms with van der Waals surface area (Å²) in [5, 5.41) is 20.9. The number of hydrogen-bond acceptors (Lipinski definition) is 5. The Kier molecular flexibility index (Phi) is 4.58. The molecule has 1 saturated heterocycles. The van der Waals surface area contributed by atoms with Crippen LogP contribution in [0.5, 0.6) is 0 Å². The molecule has 0 aliphatic carbocycles. The number of aromatic nitrogens is 3. The molecule has 0 radical (unpaired) electrons. The first-order valence-electron chi connectivity index (χ1n) is 8.00. The second-order valence-corrected chi connectivity index (χ2v) is 6.06. The van der Waals surface area contributed by atoms with E-state index in [-0.39, 0.29) is 0 Å². The Morgan fingerprint density at radius 2 is 2.35 bits per heavy atom. The highest BCUT2D eigenvalue weighted by Gasteiger charge is 2.21. The van der Waals surface area contributed by atoms with Gasteiger partial charge in [0, 0.05) is 44.6 Å². The average Bonchev–Trinajstić information content (AvgIpc) is 2.88. The minimum Gasteiger partial charge on any atom is -0.354 e. The Morgan fingerprint density at radius 3 is 3.04 bits per heavy atom. The van der Waals surface area contributed by atoms with Gasteiger partial charge >= 0.3 is 0 Å². The number of nitrogens with zero attached hydrogens (tertiary/aromatic N) is 5. The van der Waals surface area contributed by atoms with E-state index in [4.69, 9.17) is 5.26 Å². The topological polar surface area (TPSA) is 69.8 Å². The monoisotopic (exact) mass is 310 g/mol. The van der Waals surface area contributed by atoms with Crippen molar-refractivity contribution in [3.8, 4) is 6.07 Å². The van der Waals surface area contributed by atoms with E-state index in [1.165, 1.54) is 5.56 Å². The maximum atomic E-state index is 9.12. The molecule has 120 valence electrons. The van der Waals surface area contributed by atoms with Gasteiger partial charge in [-0.1, -0.05) is 0 Å². The standard InChI is InChI=1S/C17H22N6/c1-13-14(9-16(10-18)22(13)2)11-19-15-5-4-8-23(12-15)17-6-3-7-20-21-17/h3,6-7,9,15,19H,4-5,8,11-12H2,1-2H3/t15-/m0/s1. The summed E-state index contributed by atoms with van der Waals surface area (Å²) in [6.07, 6.45) is 4.01. The van der Waals surface area contributed by atoms with E-state index >= 15 is 0 Å². The van der Waals surface area contributed by atoms with Gasteiger partial charge in [0.1, 0.15) is 11.8 Å². The zero-order valence-corrected chi connectivity index (χ0v) is 13.7. The van der Waals surface area contributed by atoms with Crippen LogP contribution in [0.4, 0.5) is 5.82 Å². The Morgan fingerprint density at radius 1 is 1.48 bits per heavy atom. The molecule has 1 N–H and O–H groups in total. The summed E-state index contributed by atoms with van der Waals surface area (Å²) in [4.78, 5) is 2.28. The first-order chi connectivity index (χ1) is 11.2. The maximum absolute atomic E-state index is 9.12. The molecule has 6 nitrogen and oxygen atoms in total. The van der Waals surface area contributed by atoms with Gasteiger partial charge in [-0.3, -0.25) is 0 Å². The Balaban J connectivity index is 1.62. The van der Waals surface area contributed by atoms with Crippen LogP contribution in [0.3, 0.4) is 0 Å². The molecule has 1 aliphatic heterocycles. The molecule has 2 aromatic heterocycles. The normalized spacial score (nSPS) is 18.0. The molecule has 0 spiro atoms. The summed E-state index contributed by atoms with van der Waals surface area (Å²) in [5.41, 5.74) is 3.06. The van der Waals surface area contributed by atoms with Crippen molar-refractivity contribution in [2.75, 3.05) is 18.0 Å². The highest BCUT2D eigenvalue weighted by Crippen LogP contribution is 2.18. The quantitative estimate of drug-likeness (QED) is 0.932. The molecule has 0 aromatic carbocycles. The summed E-state index contributed by atoms with van der Waals surface area (Å²) in [6.45, 7) is 4.82. The average molecular weight is 310 g/mol. The van der Waals surface area contributed by atoms with E-state index < -0.39 is 0 Å². The Hall–Kier alpha value is -2.39. The van der Waals surface area contributed by atoms with Crippen LogP contribution in [-0.2, 0) is 13.6 Å². The predicted octanol–water partition coefficient (Wildman–Crippen LogP) is 1.75. The number of rotatable bonds is 4. The molecular weight excluding hydrogens is 288 g/mol. The fourth-order valence-electron chi connectivity index (χ4n) is 3.12. The lowest BCUT2D eigenvalue weighted by Gasteiger charge is -2.33. The smallest absolute Gasteiger partial charge is 0.151 e. The summed E-state index contributed by atoms with van der Waals surface area (Å²) < 4.78 is 1.95. The molecule has 0 bridgehead atoms. The molecule has 0 unspecified atom stereocenters. The van der Waals surface area contributed by atoms with Gasteiger partial charge in [-0.25, -0.2) is 0 Å². The first-order valence-corrected chi connectivity index (χ1v) is 8.00. The highest BCUT2D eigenvalue weighted by atomic mass is 15.3. The Bertz CT molecular complexity index is 700. The minimum absolute atomic E-state index is 0.427. The van der Waals surface area contributed by atoms with E-state index in [0.29, 0.717) is 11.7 Å².